The van der Waals surface area contributed by atoms with E-state index in [0.717, 1.165) is 16.7 Å². The van der Waals surface area contributed by atoms with E-state index in [-0.39, 0.29) is 23.7 Å². The topological polar surface area (TPSA) is 105 Å². The third-order valence-electron chi connectivity index (χ3n) is 4.70. The number of fused-ring (bicyclic) bond motifs is 1. The smallest absolute Gasteiger partial charge is 0.261 e. The van der Waals surface area contributed by atoms with Crippen LogP contribution >= 0.6 is 0 Å². The van der Waals surface area contributed by atoms with Crippen LogP contribution in [0.5, 0.6) is 0 Å². The Morgan fingerprint density at radius 3 is 2.60 bits per heavy atom. The van der Waals surface area contributed by atoms with Crippen LogP contribution in [0.15, 0.2) is 42.7 Å². The number of carbonyl (C=O) groups excluding carboxylic acids is 3. The van der Waals surface area contributed by atoms with E-state index in [0.29, 0.717) is 22.4 Å². The Morgan fingerprint density at radius 2 is 1.90 bits per heavy atom. The van der Waals surface area contributed by atoms with Gasteiger partial charge in [-0.25, -0.2) is 4.39 Å². The third kappa shape index (κ3) is 3.52. The highest BCUT2D eigenvalue weighted by atomic mass is 19.1. The van der Waals surface area contributed by atoms with Gasteiger partial charge in [-0.3, -0.25) is 24.3 Å². The Balaban J connectivity index is 1.52. The second-order valence-corrected chi connectivity index (χ2v) is 6.94. The molecule has 0 saturated carbocycles. The van der Waals surface area contributed by atoms with Gasteiger partial charge in [0.15, 0.2) is 5.82 Å². The van der Waals surface area contributed by atoms with Gasteiger partial charge in [0.25, 0.3) is 11.8 Å². The largest absolute Gasteiger partial charge is 0.309 e. The van der Waals surface area contributed by atoms with Crippen molar-refractivity contribution in [3.63, 3.8) is 0 Å². The van der Waals surface area contributed by atoms with Crippen molar-refractivity contribution in [3.8, 4) is 11.3 Å². The lowest BCUT2D eigenvalue weighted by Gasteiger charge is -2.09. The molecule has 0 spiro atoms. The number of carbonyl (C=O) groups is 3. The van der Waals surface area contributed by atoms with E-state index in [1.807, 2.05) is 0 Å². The van der Waals surface area contributed by atoms with E-state index >= 15 is 0 Å². The zero-order valence-electron chi connectivity index (χ0n) is 16.1. The fourth-order valence-electron chi connectivity index (χ4n) is 3.33. The standard InChI is InChI=1S/C21H16FN5O3/c1-11-5-12(19-15(6-11)20(29)27(2)21(19)30)8-18(28)24-17-4-3-16(25-26-17)13-7-14(22)10-23-9-13/h3-7,9-10H,8H2,1-2H3,(H,24,26,28). The number of pyridine rings is 1. The second kappa shape index (κ2) is 7.43. The molecule has 0 atom stereocenters. The van der Waals surface area contributed by atoms with Crippen LogP contribution in [0.3, 0.4) is 0 Å². The lowest BCUT2D eigenvalue weighted by Crippen LogP contribution is -2.25. The van der Waals surface area contributed by atoms with Gasteiger partial charge in [0.1, 0.15) is 5.82 Å². The summed E-state index contributed by atoms with van der Waals surface area (Å²) in [7, 11) is 1.41. The van der Waals surface area contributed by atoms with Crippen LogP contribution in [0.1, 0.15) is 31.8 Å². The summed E-state index contributed by atoms with van der Waals surface area (Å²) in [5, 5.41) is 10.5. The average Bonchev–Trinajstić information content (AvgIpc) is 2.92. The predicted molar refractivity (Wildman–Crippen MR) is 105 cm³/mol. The number of nitrogens with one attached hydrogen (secondary N) is 1. The van der Waals surface area contributed by atoms with E-state index in [4.69, 9.17) is 0 Å². The van der Waals surface area contributed by atoms with E-state index < -0.39 is 17.6 Å². The fourth-order valence-corrected chi connectivity index (χ4v) is 3.33. The number of hydrogen-bond donors (Lipinski definition) is 1. The SMILES string of the molecule is Cc1cc(CC(=O)Nc2ccc(-c3cncc(F)c3)nn2)c2c(c1)C(=O)N(C)C2=O. The van der Waals surface area contributed by atoms with Crippen LogP contribution in [0.2, 0.25) is 0 Å². The molecule has 4 rings (SSSR count). The number of benzene rings is 1. The van der Waals surface area contributed by atoms with E-state index in [9.17, 15) is 18.8 Å². The minimum atomic E-state index is -0.490. The molecule has 0 radical (unpaired) electrons. The summed E-state index contributed by atoms with van der Waals surface area (Å²) in [5.41, 5.74) is 2.68. The number of hydrogen-bond acceptors (Lipinski definition) is 6. The number of aromatic nitrogens is 3. The van der Waals surface area contributed by atoms with Crippen molar-refractivity contribution in [2.24, 2.45) is 0 Å². The number of halogens is 1. The maximum absolute atomic E-state index is 13.3. The molecule has 0 unspecified atom stereocenters. The lowest BCUT2D eigenvalue weighted by atomic mass is 9.97. The molecule has 30 heavy (non-hydrogen) atoms. The minimum Gasteiger partial charge on any atom is -0.309 e. The molecule has 0 bridgehead atoms. The Bertz CT molecular complexity index is 1190. The first-order valence-electron chi connectivity index (χ1n) is 9.04. The molecule has 1 aliphatic rings. The molecule has 3 aromatic rings. The predicted octanol–water partition coefficient (Wildman–Crippen LogP) is 2.39. The average molecular weight is 405 g/mol. The van der Waals surface area contributed by atoms with Gasteiger partial charge in [0.2, 0.25) is 5.91 Å². The maximum atomic E-state index is 13.3. The van der Waals surface area contributed by atoms with Crippen molar-refractivity contribution in [3.05, 3.63) is 70.8 Å². The molecular formula is C21H16FN5O3. The first-order chi connectivity index (χ1) is 14.3. The van der Waals surface area contributed by atoms with Crippen molar-refractivity contribution in [1.82, 2.24) is 20.1 Å². The highest BCUT2D eigenvalue weighted by molar-refractivity contribution is 6.22. The van der Waals surface area contributed by atoms with Gasteiger partial charge in [-0.2, -0.15) is 0 Å². The molecule has 3 amide bonds. The van der Waals surface area contributed by atoms with Crippen LogP contribution in [0.25, 0.3) is 11.3 Å². The molecule has 150 valence electrons. The molecule has 8 nitrogen and oxygen atoms in total. The highest BCUT2D eigenvalue weighted by Gasteiger charge is 2.35. The molecule has 0 aliphatic carbocycles. The Kier molecular flexibility index (Phi) is 4.78. The zero-order valence-corrected chi connectivity index (χ0v) is 16.1. The number of anilines is 1. The fraction of sp³-hybridized carbons (Fsp3) is 0.143. The lowest BCUT2D eigenvalue weighted by molar-refractivity contribution is -0.115. The van der Waals surface area contributed by atoms with E-state index in [2.05, 4.69) is 20.5 Å². The van der Waals surface area contributed by atoms with Gasteiger partial charge in [-0.15, -0.1) is 10.2 Å². The number of imide groups is 1. The highest BCUT2D eigenvalue weighted by Crippen LogP contribution is 2.27. The van der Waals surface area contributed by atoms with Crippen LogP contribution in [0, 0.1) is 12.7 Å². The summed E-state index contributed by atoms with van der Waals surface area (Å²) in [6.07, 6.45) is 2.44. The second-order valence-electron chi connectivity index (χ2n) is 6.94. The summed E-state index contributed by atoms with van der Waals surface area (Å²) >= 11 is 0. The van der Waals surface area contributed by atoms with Crippen LogP contribution in [-0.4, -0.2) is 44.9 Å². The Morgan fingerprint density at radius 1 is 1.10 bits per heavy atom. The van der Waals surface area contributed by atoms with Gasteiger partial charge in [-0.1, -0.05) is 6.07 Å². The van der Waals surface area contributed by atoms with E-state index in [1.165, 1.54) is 25.4 Å². The molecule has 1 N–H and O–H groups in total. The van der Waals surface area contributed by atoms with Gasteiger partial charge >= 0.3 is 0 Å². The van der Waals surface area contributed by atoms with Gasteiger partial charge in [-0.05, 0) is 42.3 Å². The van der Waals surface area contributed by atoms with Gasteiger partial charge in [0.05, 0.1) is 29.4 Å². The molecular weight excluding hydrogens is 389 g/mol. The number of rotatable bonds is 4. The quantitative estimate of drug-likeness (QED) is 0.669. The summed E-state index contributed by atoms with van der Waals surface area (Å²) < 4.78 is 13.3. The summed E-state index contributed by atoms with van der Waals surface area (Å²) in [5.74, 6) is -1.50. The molecule has 0 fully saturated rings. The molecule has 1 aromatic carbocycles. The molecule has 2 aromatic heterocycles. The maximum Gasteiger partial charge on any atom is 0.261 e. The van der Waals surface area contributed by atoms with Crippen molar-refractivity contribution < 1.29 is 18.8 Å². The normalized spacial score (nSPS) is 12.8. The minimum absolute atomic E-state index is 0.103. The summed E-state index contributed by atoms with van der Waals surface area (Å²) in [6, 6.07) is 7.76. The van der Waals surface area contributed by atoms with Crippen molar-refractivity contribution in [2.75, 3.05) is 12.4 Å². The number of aryl methyl sites for hydroxylation is 1. The molecule has 9 heteroatoms. The summed E-state index contributed by atoms with van der Waals surface area (Å²) in [4.78, 5) is 41.9. The Hall–Kier alpha value is -4.01. The third-order valence-corrected chi connectivity index (χ3v) is 4.70. The first kappa shape index (κ1) is 19.3. The van der Waals surface area contributed by atoms with Crippen LogP contribution in [-0.2, 0) is 11.2 Å². The monoisotopic (exact) mass is 405 g/mol. The zero-order chi connectivity index (χ0) is 21.4. The van der Waals surface area contributed by atoms with Crippen LogP contribution in [0.4, 0.5) is 10.2 Å². The summed E-state index contributed by atoms with van der Waals surface area (Å²) in [6.45, 7) is 1.79. The number of amides is 3. The Labute approximate surface area is 170 Å². The van der Waals surface area contributed by atoms with Gasteiger partial charge in [0, 0.05) is 18.8 Å². The molecule has 3 heterocycles. The molecule has 0 saturated heterocycles. The first-order valence-corrected chi connectivity index (χ1v) is 9.04. The van der Waals surface area contributed by atoms with Gasteiger partial charge < -0.3 is 5.32 Å². The van der Waals surface area contributed by atoms with Crippen molar-refractivity contribution >= 4 is 23.5 Å². The van der Waals surface area contributed by atoms with E-state index in [1.54, 1.807) is 25.1 Å². The van der Waals surface area contributed by atoms with Crippen LogP contribution < -0.4 is 5.32 Å². The van der Waals surface area contributed by atoms with Crippen molar-refractivity contribution in [1.29, 1.82) is 0 Å². The molecule has 1 aliphatic heterocycles. The number of nitrogens with zero attached hydrogens (tertiary/aromatic N) is 4. The van der Waals surface area contributed by atoms with Crippen molar-refractivity contribution in [2.45, 2.75) is 13.3 Å².